The summed E-state index contributed by atoms with van der Waals surface area (Å²) < 4.78 is 0. The van der Waals surface area contributed by atoms with Crippen molar-refractivity contribution in [2.24, 2.45) is 0 Å². The van der Waals surface area contributed by atoms with E-state index in [1.54, 1.807) is 0 Å². The largest absolute Gasteiger partial charge is 0.307 e. The van der Waals surface area contributed by atoms with Gasteiger partial charge in [-0.1, -0.05) is 37.6 Å². The van der Waals surface area contributed by atoms with Crippen LogP contribution in [0.1, 0.15) is 42.1 Å². The highest BCUT2D eigenvalue weighted by Gasteiger charge is 1.96. The van der Waals surface area contributed by atoms with Crippen LogP contribution in [0, 0.1) is 0 Å². The SMILES string of the molecule is CCN(C)CCCCCc1ccc(C=O)cc1. The van der Waals surface area contributed by atoms with E-state index in [1.807, 2.05) is 12.1 Å². The van der Waals surface area contributed by atoms with Crippen LogP contribution < -0.4 is 0 Å². The van der Waals surface area contributed by atoms with Crippen LogP contribution in [0.2, 0.25) is 0 Å². The topological polar surface area (TPSA) is 20.3 Å². The quantitative estimate of drug-likeness (QED) is 0.508. The molecule has 0 aliphatic heterocycles. The second kappa shape index (κ2) is 8.02. The van der Waals surface area contributed by atoms with E-state index in [2.05, 4.69) is 31.0 Å². The van der Waals surface area contributed by atoms with Gasteiger partial charge in [0, 0.05) is 5.56 Å². The van der Waals surface area contributed by atoms with Gasteiger partial charge in [-0.15, -0.1) is 0 Å². The summed E-state index contributed by atoms with van der Waals surface area (Å²) in [5.74, 6) is 0. The molecule has 94 valence electrons. The van der Waals surface area contributed by atoms with Crippen molar-refractivity contribution in [1.82, 2.24) is 4.90 Å². The first-order valence-electron chi connectivity index (χ1n) is 6.49. The Morgan fingerprint density at radius 3 is 2.41 bits per heavy atom. The lowest BCUT2D eigenvalue weighted by Gasteiger charge is -2.12. The first-order chi connectivity index (χ1) is 8.26. The van der Waals surface area contributed by atoms with Gasteiger partial charge in [0.25, 0.3) is 0 Å². The molecule has 0 aliphatic carbocycles. The van der Waals surface area contributed by atoms with E-state index in [9.17, 15) is 4.79 Å². The molecular formula is C15H23NO. The number of hydrogen-bond donors (Lipinski definition) is 0. The first kappa shape index (κ1) is 13.9. The maximum atomic E-state index is 10.5. The van der Waals surface area contributed by atoms with Crippen LogP contribution in [0.25, 0.3) is 0 Å². The van der Waals surface area contributed by atoms with Crippen LogP contribution >= 0.6 is 0 Å². The van der Waals surface area contributed by atoms with Gasteiger partial charge >= 0.3 is 0 Å². The lowest BCUT2D eigenvalue weighted by molar-refractivity contribution is 0.112. The Balaban J connectivity index is 2.15. The molecule has 1 rings (SSSR count). The summed E-state index contributed by atoms with van der Waals surface area (Å²) in [7, 11) is 2.16. The van der Waals surface area contributed by atoms with Gasteiger partial charge in [0.15, 0.2) is 0 Å². The maximum Gasteiger partial charge on any atom is 0.150 e. The summed E-state index contributed by atoms with van der Waals surface area (Å²) in [6.45, 7) is 4.52. The van der Waals surface area contributed by atoms with Crippen LogP contribution in [0.5, 0.6) is 0 Å². The molecule has 0 fully saturated rings. The van der Waals surface area contributed by atoms with Crippen LogP contribution in [0.3, 0.4) is 0 Å². The molecule has 0 unspecified atom stereocenters. The van der Waals surface area contributed by atoms with E-state index in [4.69, 9.17) is 0 Å². The Morgan fingerprint density at radius 1 is 1.12 bits per heavy atom. The Hall–Kier alpha value is -1.15. The zero-order chi connectivity index (χ0) is 12.5. The van der Waals surface area contributed by atoms with E-state index in [1.165, 1.54) is 31.4 Å². The third-order valence-electron chi connectivity index (χ3n) is 3.16. The lowest BCUT2D eigenvalue weighted by atomic mass is 10.1. The highest BCUT2D eigenvalue weighted by atomic mass is 16.1. The van der Waals surface area contributed by atoms with Gasteiger partial charge in [-0.2, -0.15) is 0 Å². The van der Waals surface area contributed by atoms with Gasteiger partial charge in [-0.25, -0.2) is 0 Å². The normalized spacial score (nSPS) is 10.8. The van der Waals surface area contributed by atoms with Crippen LogP contribution in [-0.4, -0.2) is 31.3 Å². The standard InChI is InChI=1S/C15H23NO/c1-3-16(2)12-6-4-5-7-14-8-10-15(13-17)11-9-14/h8-11,13H,3-7,12H2,1-2H3. The molecule has 0 amide bonds. The van der Waals surface area contributed by atoms with Gasteiger partial charge in [0.1, 0.15) is 6.29 Å². The predicted molar refractivity (Wildman–Crippen MR) is 72.6 cm³/mol. The molecule has 1 aromatic carbocycles. The van der Waals surface area contributed by atoms with Crippen molar-refractivity contribution in [2.45, 2.75) is 32.6 Å². The fourth-order valence-electron chi connectivity index (χ4n) is 1.81. The summed E-state index contributed by atoms with van der Waals surface area (Å²) in [4.78, 5) is 12.9. The van der Waals surface area contributed by atoms with E-state index < -0.39 is 0 Å². The minimum Gasteiger partial charge on any atom is -0.307 e. The third-order valence-corrected chi connectivity index (χ3v) is 3.16. The predicted octanol–water partition coefficient (Wildman–Crippen LogP) is 3.16. The number of carbonyl (C=O) groups is 1. The molecule has 0 saturated heterocycles. The van der Waals surface area contributed by atoms with Crippen molar-refractivity contribution in [3.63, 3.8) is 0 Å². The van der Waals surface area contributed by atoms with E-state index in [0.29, 0.717) is 0 Å². The summed E-state index contributed by atoms with van der Waals surface area (Å²) >= 11 is 0. The number of unbranched alkanes of at least 4 members (excludes halogenated alkanes) is 2. The van der Waals surface area contributed by atoms with Crippen molar-refractivity contribution < 1.29 is 4.79 Å². The Bertz CT molecular complexity index is 318. The number of nitrogens with zero attached hydrogens (tertiary/aromatic N) is 1. The zero-order valence-corrected chi connectivity index (χ0v) is 11.0. The molecule has 0 bridgehead atoms. The number of benzene rings is 1. The Kier molecular flexibility index (Phi) is 6.56. The van der Waals surface area contributed by atoms with Crippen LogP contribution in [0.15, 0.2) is 24.3 Å². The molecule has 0 aliphatic rings. The van der Waals surface area contributed by atoms with Crippen molar-refractivity contribution in [1.29, 1.82) is 0 Å². The van der Waals surface area contributed by atoms with Crippen molar-refractivity contribution in [3.05, 3.63) is 35.4 Å². The second-order valence-corrected chi connectivity index (χ2v) is 4.57. The fourth-order valence-corrected chi connectivity index (χ4v) is 1.81. The fraction of sp³-hybridized carbons (Fsp3) is 0.533. The van der Waals surface area contributed by atoms with Gasteiger partial charge in [0.05, 0.1) is 0 Å². The maximum absolute atomic E-state index is 10.5. The van der Waals surface area contributed by atoms with Gasteiger partial charge < -0.3 is 4.90 Å². The summed E-state index contributed by atoms with van der Waals surface area (Å²) in [5.41, 5.74) is 2.10. The van der Waals surface area contributed by atoms with Crippen molar-refractivity contribution >= 4 is 6.29 Å². The molecule has 0 heterocycles. The van der Waals surface area contributed by atoms with E-state index >= 15 is 0 Å². The molecule has 2 heteroatoms. The molecule has 0 saturated carbocycles. The van der Waals surface area contributed by atoms with Gasteiger partial charge in [-0.3, -0.25) is 4.79 Å². The molecule has 0 N–H and O–H groups in total. The summed E-state index contributed by atoms with van der Waals surface area (Å²) in [6.07, 6.45) is 5.80. The molecule has 1 aromatic rings. The molecule has 0 radical (unpaired) electrons. The summed E-state index contributed by atoms with van der Waals surface area (Å²) in [5, 5.41) is 0. The number of aryl methyl sites for hydroxylation is 1. The number of rotatable bonds is 8. The monoisotopic (exact) mass is 233 g/mol. The molecular weight excluding hydrogens is 210 g/mol. The average Bonchev–Trinajstić information content (AvgIpc) is 2.38. The minimum absolute atomic E-state index is 0.762. The van der Waals surface area contributed by atoms with E-state index in [-0.39, 0.29) is 0 Å². The molecule has 2 nitrogen and oxygen atoms in total. The molecule has 0 spiro atoms. The Labute approximate surface area is 105 Å². The van der Waals surface area contributed by atoms with Crippen molar-refractivity contribution in [3.8, 4) is 0 Å². The van der Waals surface area contributed by atoms with Crippen molar-refractivity contribution in [2.75, 3.05) is 20.1 Å². The minimum atomic E-state index is 0.762. The van der Waals surface area contributed by atoms with Gasteiger partial charge in [-0.05, 0) is 45.0 Å². The summed E-state index contributed by atoms with van der Waals surface area (Å²) in [6, 6.07) is 7.91. The highest BCUT2D eigenvalue weighted by molar-refractivity contribution is 5.74. The first-order valence-corrected chi connectivity index (χ1v) is 6.49. The number of hydrogen-bond acceptors (Lipinski definition) is 2. The smallest absolute Gasteiger partial charge is 0.150 e. The molecule has 17 heavy (non-hydrogen) atoms. The van der Waals surface area contributed by atoms with Crippen LogP contribution in [-0.2, 0) is 6.42 Å². The zero-order valence-electron chi connectivity index (χ0n) is 11.0. The van der Waals surface area contributed by atoms with Gasteiger partial charge in [0.2, 0.25) is 0 Å². The van der Waals surface area contributed by atoms with E-state index in [0.717, 1.165) is 24.8 Å². The lowest BCUT2D eigenvalue weighted by Crippen LogP contribution is -2.18. The second-order valence-electron chi connectivity index (χ2n) is 4.57. The third kappa shape index (κ3) is 5.64. The van der Waals surface area contributed by atoms with Crippen LogP contribution in [0.4, 0.5) is 0 Å². The average molecular weight is 233 g/mol. The number of carbonyl (C=O) groups excluding carboxylic acids is 1. The molecule has 0 aromatic heterocycles. The Morgan fingerprint density at radius 2 is 1.82 bits per heavy atom. The highest BCUT2D eigenvalue weighted by Crippen LogP contribution is 2.08. The molecule has 0 atom stereocenters. The number of aldehydes is 1.